The number of unbranched alkanes of at least 4 members (excludes halogenated alkanes) is 2. The monoisotopic (exact) mass is 296 g/mol. The Hall–Kier alpha value is -1.24. The van der Waals surface area contributed by atoms with Crippen LogP contribution < -0.4 is 5.32 Å². The number of carbonyl (C=O) groups excluding carboxylic acids is 1. The van der Waals surface area contributed by atoms with Crippen LogP contribution in [0, 0.1) is 0 Å². The highest BCUT2D eigenvalue weighted by atomic mass is 32.1. The largest absolute Gasteiger partial charge is 0.396 e. The molecule has 0 fully saturated rings. The molecule has 2 N–H and O–H groups in total. The normalized spacial score (nSPS) is 10.6. The van der Waals surface area contributed by atoms with Gasteiger partial charge in [-0.3, -0.25) is 4.79 Å². The molecule has 2 heterocycles. The Morgan fingerprint density at radius 1 is 1.32 bits per heavy atom. The lowest BCUT2D eigenvalue weighted by Crippen LogP contribution is -2.24. The van der Waals surface area contributed by atoms with Crippen molar-refractivity contribution in [1.82, 2.24) is 10.3 Å². The highest BCUT2D eigenvalue weighted by Gasteiger charge is 2.11. The van der Waals surface area contributed by atoms with Gasteiger partial charge in [0, 0.05) is 29.5 Å². The molecule has 19 heavy (non-hydrogen) atoms. The van der Waals surface area contributed by atoms with E-state index in [-0.39, 0.29) is 12.5 Å². The maximum Gasteiger partial charge on any atom is 0.270 e. The van der Waals surface area contributed by atoms with Crippen molar-refractivity contribution >= 4 is 28.6 Å². The fourth-order valence-corrected chi connectivity index (χ4v) is 3.12. The van der Waals surface area contributed by atoms with Crippen LogP contribution in [0.15, 0.2) is 22.2 Å². The van der Waals surface area contributed by atoms with Gasteiger partial charge in [-0.05, 0) is 30.7 Å². The standard InChI is InChI=1S/C13H16N2O2S2/c16-6-3-1-2-5-14-12(17)11-9-19-13(15-11)10-4-7-18-8-10/h4,7-9,16H,1-3,5-6H2,(H,14,17). The number of aromatic nitrogens is 1. The van der Waals surface area contributed by atoms with Crippen molar-refractivity contribution in [3.8, 4) is 10.6 Å². The second kappa shape index (κ2) is 7.37. The molecule has 2 aromatic heterocycles. The van der Waals surface area contributed by atoms with E-state index in [9.17, 15) is 4.79 Å². The number of aliphatic hydroxyl groups excluding tert-OH is 1. The highest BCUT2D eigenvalue weighted by molar-refractivity contribution is 7.14. The summed E-state index contributed by atoms with van der Waals surface area (Å²) in [7, 11) is 0. The van der Waals surface area contributed by atoms with E-state index in [1.807, 2.05) is 16.8 Å². The van der Waals surface area contributed by atoms with Crippen molar-refractivity contribution < 1.29 is 9.90 Å². The number of thiophene rings is 1. The Bertz CT molecular complexity index is 508. The first-order valence-electron chi connectivity index (χ1n) is 6.18. The molecule has 4 nitrogen and oxygen atoms in total. The van der Waals surface area contributed by atoms with E-state index in [0.717, 1.165) is 29.8 Å². The van der Waals surface area contributed by atoms with Crippen LogP contribution in [0.25, 0.3) is 10.6 Å². The molecule has 0 aliphatic carbocycles. The van der Waals surface area contributed by atoms with Crippen molar-refractivity contribution in [2.75, 3.05) is 13.2 Å². The van der Waals surface area contributed by atoms with Crippen LogP contribution in [0.3, 0.4) is 0 Å². The lowest BCUT2D eigenvalue weighted by molar-refractivity contribution is 0.0948. The zero-order valence-electron chi connectivity index (χ0n) is 10.5. The average molecular weight is 296 g/mol. The number of nitrogens with one attached hydrogen (secondary N) is 1. The number of hydrogen-bond acceptors (Lipinski definition) is 5. The predicted molar refractivity (Wildman–Crippen MR) is 78.7 cm³/mol. The number of aliphatic hydroxyl groups is 1. The van der Waals surface area contributed by atoms with Gasteiger partial charge in [-0.1, -0.05) is 0 Å². The van der Waals surface area contributed by atoms with Crippen molar-refractivity contribution in [2.24, 2.45) is 0 Å². The zero-order valence-corrected chi connectivity index (χ0v) is 12.1. The Kier molecular flexibility index (Phi) is 5.50. The van der Waals surface area contributed by atoms with Crippen LogP contribution >= 0.6 is 22.7 Å². The van der Waals surface area contributed by atoms with Crippen LogP contribution in [0.4, 0.5) is 0 Å². The third-order valence-corrected chi connectivity index (χ3v) is 4.20. The van der Waals surface area contributed by atoms with E-state index in [4.69, 9.17) is 5.11 Å². The topological polar surface area (TPSA) is 62.2 Å². The molecule has 0 unspecified atom stereocenters. The number of thiazole rings is 1. The molecule has 2 rings (SSSR count). The van der Waals surface area contributed by atoms with Crippen LogP contribution in [-0.2, 0) is 0 Å². The SMILES string of the molecule is O=C(NCCCCCO)c1csc(-c2ccsc2)n1. The van der Waals surface area contributed by atoms with Crippen molar-refractivity contribution in [3.05, 3.63) is 27.9 Å². The first kappa shape index (κ1) is 14.2. The molecular formula is C13H16N2O2S2. The van der Waals surface area contributed by atoms with Crippen molar-refractivity contribution in [1.29, 1.82) is 0 Å². The quantitative estimate of drug-likeness (QED) is 0.772. The fraction of sp³-hybridized carbons (Fsp3) is 0.385. The molecule has 2 aromatic rings. The Labute approximate surface area is 120 Å². The molecular weight excluding hydrogens is 280 g/mol. The van der Waals surface area contributed by atoms with Crippen LogP contribution in [0.5, 0.6) is 0 Å². The highest BCUT2D eigenvalue weighted by Crippen LogP contribution is 2.25. The minimum Gasteiger partial charge on any atom is -0.396 e. The van der Waals surface area contributed by atoms with Gasteiger partial charge in [0.2, 0.25) is 0 Å². The number of rotatable bonds is 7. The molecule has 0 saturated carbocycles. The summed E-state index contributed by atoms with van der Waals surface area (Å²) in [6.45, 7) is 0.841. The summed E-state index contributed by atoms with van der Waals surface area (Å²) in [5, 5.41) is 18.2. The summed E-state index contributed by atoms with van der Waals surface area (Å²) >= 11 is 3.10. The molecule has 0 aliphatic heterocycles. The molecule has 0 bridgehead atoms. The van der Waals surface area contributed by atoms with Crippen molar-refractivity contribution in [3.63, 3.8) is 0 Å². The maximum atomic E-state index is 11.8. The van der Waals surface area contributed by atoms with Crippen LogP contribution in [0.1, 0.15) is 29.8 Å². The van der Waals surface area contributed by atoms with E-state index < -0.39 is 0 Å². The van der Waals surface area contributed by atoms with E-state index in [1.165, 1.54) is 11.3 Å². The lowest BCUT2D eigenvalue weighted by Gasteiger charge is -2.02. The minimum absolute atomic E-state index is 0.123. The number of amides is 1. The Morgan fingerprint density at radius 2 is 2.21 bits per heavy atom. The summed E-state index contributed by atoms with van der Waals surface area (Å²) in [5.41, 5.74) is 1.55. The summed E-state index contributed by atoms with van der Waals surface area (Å²) < 4.78 is 0. The van der Waals surface area contributed by atoms with E-state index in [2.05, 4.69) is 10.3 Å². The second-order valence-electron chi connectivity index (χ2n) is 4.09. The van der Waals surface area contributed by atoms with E-state index in [1.54, 1.807) is 16.7 Å². The minimum atomic E-state index is -0.123. The molecule has 0 aromatic carbocycles. The van der Waals surface area contributed by atoms with Crippen molar-refractivity contribution in [2.45, 2.75) is 19.3 Å². The summed E-state index contributed by atoms with van der Waals surface area (Å²) in [6.07, 6.45) is 2.59. The first-order chi connectivity index (χ1) is 9.31. The van der Waals surface area contributed by atoms with Crippen LogP contribution in [0.2, 0.25) is 0 Å². The first-order valence-corrected chi connectivity index (χ1v) is 8.00. The smallest absolute Gasteiger partial charge is 0.270 e. The molecule has 1 amide bonds. The van der Waals surface area contributed by atoms with Gasteiger partial charge in [0.05, 0.1) is 0 Å². The molecule has 6 heteroatoms. The number of hydrogen-bond donors (Lipinski definition) is 2. The predicted octanol–water partition coefficient (Wildman–Crippen LogP) is 2.76. The maximum absolute atomic E-state index is 11.8. The van der Waals surface area contributed by atoms with E-state index >= 15 is 0 Å². The molecule has 0 saturated heterocycles. The van der Waals surface area contributed by atoms with Gasteiger partial charge in [-0.2, -0.15) is 11.3 Å². The molecule has 0 spiro atoms. The second-order valence-corrected chi connectivity index (χ2v) is 5.73. The Morgan fingerprint density at radius 3 is 2.95 bits per heavy atom. The molecule has 0 radical (unpaired) electrons. The third-order valence-electron chi connectivity index (χ3n) is 2.63. The van der Waals surface area contributed by atoms with Gasteiger partial charge in [0.1, 0.15) is 10.7 Å². The van der Waals surface area contributed by atoms with Gasteiger partial charge >= 0.3 is 0 Å². The summed E-state index contributed by atoms with van der Waals surface area (Å²) in [5.74, 6) is -0.123. The van der Waals surface area contributed by atoms with Gasteiger partial charge in [0.25, 0.3) is 5.91 Å². The summed E-state index contributed by atoms with van der Waals surface area (Å²) in [6, 6.07) is 2.00. The Balaban J connectivity index is 1.83. The average Bonchev–Trinajstić information content (AvgIpc) is 3.08. The molecule has 0 atom stereocenters. The number of carbonyl (C=O) groups is 1. The van der Waals surface area contributed by atoms with E-state index in [0.29, 0.717) is 12.2 Å². The van der Waals surface area contributed by atoms with Gasteiger partial charge in [0.15, 0.2) is 0 Å². The van der Waals surface area contributed by atoms with Crippen LogP contribution in [-0.4, -0.2) is 29.1 Å². The fourth-order valence-electron chi connectivity index (χ4n) is 1.60. The van der Waals surface area contributed by atoms with Gasteiger partial charge in [-0.15, -0.1) is 11.3 Å². The third kappa shape index (κ3) is 4.12. The number of nitrogens with zero attached hydrogens (tertiary/aromatic N) is 1. The lowest BCUT2D eigenvalue weighted by atomic mass is 10.2. The van der Waals surface area contributed by atoms with Gasteiger partial charge in [-0.25, -0.2) is 4.98 Å². The summed E-state index contributed by atoms with van der Waals surface area (Å²) in [4.78, 5) is 16.2. The molecule has 0 aliphatic rings. The molecule has 102 valence electrons. The van der Waals surface area contributed by atoms with Gasteiger partial charge < -0.3 is 10.4 Å². The zero-order chi connectivity index (χ0) is 13.5.